The Labute approximate surface area is 119 Å². The summed E-state index contributed by atoms with van der Waals surface area (Å²) >= 11 is 1.44. The zero-order valence-corrected chi connectivity index (χ0v) is 13.4. The molecular formula is C13H22N2O2S2. The van der Waals surface area contributed by atoms with E-state index in [4.69, 9.17) is 5.73 Å². The average Bonchev–Trinajstić information content (AvgIpc) is 2.74. The highest BCUT2D eigenvalue weighted by Crippen LogP contribution is 2.34. The SMILES string of the molecule is Cc1csc(CN)c1S(=O)(=O)N1CCCC(C)C1C. The van der Waals surface area contributed by atoms with Crippen molar-refractivity contribution >= 4 is 21.4 Å². The molecule has 6 heteroatoms. The van der Waals surface area contributed by atoms with Crippen LogP contribution in [0.4, 0.5) is 0 Å². The average molecular weight is 302 g/mol. The van der Waals surface area contributed by atoms with Crippen molar-refractivity contribution in [2.75, 3.05) is 6.54 Å². The third-order valence-electron chi connectivity index (χ3n) is 4.06. The summed E-state index contributed by atoms with van der Waals surface area (Å²) in [7, 11) is -3.41. The molecule has 2 N–H and O–H groups in total. The summed E-state index contributed by atoms with van der Waals surface area (Å²) in [6, 6.07) is 0.0590. The maximum atomic E-state index is 12.9. The number of thiophene rings is 1. The van der Waals surface area contributed by atoms with Gasteiger partial charge in [0.15, 0.2) is 0 Å². The minimum Gasteiger partial charge on any atom is -0.326 e. The first-order chi connectivity index (χ1) is 8.89. The molecule has 0 spiro atoms. The van der Waals surface area contributed by atoms with E-state index in [1.54, 1.807) is 4.31 Å². The Morgan fingerprint density at radius 2 is 2.16 bits per heavy atom. The molecule has 0 radical (unpaired) electrons. The number of piperidine rings is 1. The molecule has 19 heavy (non-hydrogen) atoms. The van der Waals surface area contributed by atoms with Gasteiger partial charge in [-0.2, -0.15) is 4.31 Å². The molecule has 0 saturated carbocycles. The standard InChI is InChI=1S/C13H22N2O2S2/c1-9-5-4-6-15(11(9)3)19(16,17)13-10(2)8-18-12(13)7-14/h8-9,11H,4-7,14H2,1-3H3. The first kappa shape index (κ1) is 15.0. The molecular weight excluding hydrogens is 280 g/mol. The Bertz CT molecular complexity index is 551. The highest BCUT2D eigenvalue weighted by molar-refractivity contribution is 7.89. The first-order valence-corrected chi connectivity index (χ1v) is 9.00. The lowest BCUT2D eigenvalue weighted by molar-refractivity contribution is 0.202. The van der Waals surface area contributed by atoms with Gasteiger partial charge in [0.1, 0.15) is 4.90 Å². The van der Waals surface area contributed by atoms with Gasteiger partial charge in [-0.25, -0.2) is 8.42 Å². The fourth-order valence-electron chi connectivity index (χ4n) is 2.73. The fraction of sp³-hybridized carbons (Fsp3) is 0.692. The summed E-state index contributed by atoms with van der Waals surface area (Å²) in [5.41, 5.74) is 6.50. The van der Waals surface area contributed by atoms with Gasteiger partial charge in [0.05, 0.1) is 0 Å². The van der Waals surface area contributed by atoms with Crippen molar-refractivity contribution in [3.05, 3.63) is 15.8 Å². The van der Waals surface area contributed by atoms with Crippen molar-refractivity contribution in [2.45, 2.75) is 51.1 Å². The molecule has 1 aromatic rings. The molecule has 0 aliphatic carbocycles. The normalized spacial score (nSPS) is 25.7. The maximum Gasteiger partial charge on any atom is 0.244 e. The monoisotopic (exact) mass is 302 g/mol. The number of hydrogen-bond acceptors (Lipinski definition) is 4. The van der Waals surface area contributed by atoms with E-state index in [0.29, 0.717) is 17.4 Å². The number of aryl methyl sites for hydroxylation is 1. The summed E-state index contributed by atoms with van der Waals surface area (Å²) in [5, 5.41) is 1.88. The largest absolute Gasteiger partial charge is 0.326 e. The van der Waals surface area contributed by atoms with Crippen LogP contribution in [-0.4, -0.2) is 25.3 Å². The summed E-state index contributed by atoms with van der Waals surface area (Å²) in [4.78, 5) is 1.21. The molecule has 0 aromatic carbocycles. The van der Waals surface area contributed by atoms with Crippen LogP contribution < -0.4 is 5.73 Å². The minimum absolute atomic E-state index is 0.0590. The van der Waals surface area contributed by atoms with Gasteiger partial charge >= 0.3 is 0 Å². The Morgan fingerprint density at radius 3 is 2.79 bits per heavy atom. The lowest BCUT2D eigenvalue weighted by atomic mass is 9.94. The zero-order valence-electron chi connectivity index (χ0n) is 11.7. The number of hydrogen-bond donors (Lipinski definition) is 1. The third kappa shape index (κ3) is 2.59. The Balaban J connectivity index is 2.44. The second-order valence-electron chi connectivity index (χ2n) is 5.35. The molecule has 2 heterocycles. The van der Waals surface area contributed by atoms with Crippen LogP contribution >= 0.6 is 11.3 Å². The number of nitrogens with zero attached hydrogens (tertiary/aromatic N) is 1. The first-order valence-electron chi connectivity index (χ1n) is 6.68. The van der Waals surface area contributed by atoms with Gasteiger partial charge in [0.25, 0.3) is 0 Å². The summed E-state index contributed by atoms with van der Waals surface area (Å²) in [6.07, 6.45) is 2.03. The van der Waals surface area contributed by atoms with Crippen molar-refractivity contribution in [2.24, 2.45) is 11.7 Å². The second-order valence-corrected chi connectivity index (χ2v) is 8.14. The van der Waals surface area contributed by atoms with E-state index in [1.165, 1.54) is 11.3 Å². The highest BCUT2D eigenvalue weighted by atomic mass is 32.2. The Morgan fingerprint density at radius 1 is 1.47 bits per heavy atom. The quantitative estimate of drug-likeness (QED) is 0.932. The van der Waals surface area contributed by atoms with Gasteiger partial charge in [-0.3, -0.25) is 0 Å². The van der Waals surface area contributed by atoms with E-state index >= 15 is 0 Å². The number of sulfonamides is 1. The predicted octanol–water partition coefficient (Wildman–Crippen LogP) is 2.32. The topological polar surface area (TPSA) is 63.4 Å². The predicted molar refractivity (Wildman–Crippen MR) is 78.7 cm³/mol. The van der Waals surface area contributed by atoms with Gasteiger partial charge in [-0.05, 0) is 43.6 Å². The molecule has 0 bridgehead atoms. The maximum absolute atomic E-state index is 12.9. The molecule has 2 rings (SSSR count). The van der Waals surface area contributed by atoms with Crippen molar-refractivity contribution in [1.82, 2.24) is 4.31 Å². The third-order valence-corrected chi connectivity index (χ3v) is 7.53. The van der Waals surface area contributed by atoms with Crippen LogP contribution in [-0.2, 0) is 16.6 Å². The molecule has 1 aromatic heterocycles. The van der Waals surface area contributed by atoms with E-state index < -0.39 is 10.0 Å². The van der Waals surface area contributed by atoms with Gasteiger partial charge in [-0.1, -0.05) is 6.92 Å². The fourth-order valence-corrected chi connectivity index (χ4v) is 6.15. The van der Waals surface area contributed by atoms with Crippen molar-refractivity contribution < 1.29 is 8.42 Å². The summed E-state index contributed by atoms with van der Waals surface area (Å²) in [5.74, 6) is 0.406. The minimum atomic E-state index is -3.41. The lowest BCUT2D eigenvalue weighted by Crippen LogP contribution is -2.46. The Hall–Kier alpha value is -0.430. The van der Waals surface area contributed by atoms with Crippen LogP contribution in [0, 0.1) is 12.8 Å². The smallest absolute Gasteiger partial charge is 0.244 e. The molecule has 2 atom stereocenters. The van der Waals surface area contributed by atoms with E-state index in [0.717, 1.165) is 23.3 Å². The molecule has 2 unspecified atom stereocenters. The van der Waals surface area contributed by atoms with Gasteiger partial charge < -0.3 is 5.73 Å². The molecule has 4 nitrogen and oxygen atoms in total. The Kier molecular flexibility index (Phi) is 4.35. The number of nitrogens with two attached hydrogens (primary N) is 1. The highest BCUT2D eigenvalue weighted by Gasteiger charge is 2.36. The van der Waals surface area contributed by atoms with Crippen LogP contribution in [0.2, 0.25) is 0 Å². The van der Waals surface area contributed by atoms with Gasteiger partial charge in [-0.15, -0.1) is 11.3 Å². The van der Waals surface area contributed by atoms with Crippen molar-refractivity contribution in [3.63, 3.8) is 0 Å². The molecule has 1 fully saturated rings. The van der Waals surface area contributed by atoms with Crippen LogP contribution in [0.5, 0.6) is 0 Å². The summed E-state index contributed by atoms with van der Waals surface area (Å²) in [6.45, 7) is 6.88. The summed E-state index contributed by atoms with van der Waals surface area (Å²) < 4.78 is 27.4. The second kappa shape index (κ2) is 5.52. The van der Waals surface area contributed by atoms with Crippen molar-refractivity contribution in [3.8, 4) is 0 Å². The van der Waals surface area contributed by atoms with Crippen LogP contribution in [0.15, 0.2) is 10.3 Å². The van der Waals surface area contributed by atoms with Gasteiger partial charge in [0.2, 0.25) is 10.0 Å². The van der Waals surface area contributed by atoms with Crippen LogP contribution in [0.1, 0.15) is 37.1 Å². The van der Waals surface area contributed by atoms with E-state index in [1.807, 2.05) is 19.2 Å². The molecule has 108 valence electrons. The molecule has 1 aliphatic heterocycles. The molecule has 1 aliphatic rings. The lowest BCUT2D eigenvalue weighted by Gasteiger charge is -2.37. The van der Waals surface area contributed by atoms with E-state index in [9.17, 15) is 8.42 Å². The van der Waals surface area contributed by atoms with Gasteiger partial charge in [0, 0.05) is 24.0 Å². The molecule has 0 amide bonds. The van der Waals surface area contributed by atoms with Crippen LogP contribution in [0.3, 0.4) is 0 Å². The zero-order chi connectivity index (χ0) is 14.2. The number of rotatable bonds is 3. The van der Waals surface area contributed by atoms with Crippen LogP contribution in [0.25, 0.3) is 0 Å². The molecule has 1 saturated heterocycles. The van der Waals surface area contributed by atoms with Crippen molar-refractivity contribution in [1.29, 1.82) is 0 Å². The van der Waals surface area contributed by atoms with E-state index in [-0.39, 0.29) is 12.6 Å². The van der Waals surface area contributed by atoms with E-state index in [2.05, 4.69) is 6.92 Å².